The van der Waals surface area contributed by atoms with Crippen LogP contribution in [0, 0.1) is 5.92 Å². The average molecular weight is 505 g/mol. The number of methoxy groups -OCH3 is 1. The molecule has 1 aliphatic rings. The van der Waals surface area contributed by atoms with Crippen molar-refractivity contribution < 1.29 is 14.6 Å². The van der Waals surface area contributed by atoms with Crippen LogP contribution in [0.1, 0.15) is 51.5 Å². The fourth-order valence-electron chi connectivity index (χ4n) is 3.48. The van der Waals surface area contributed by atoms with Crippen LogP contribution in [0.5, 0.6) is 11.5 Å². The van der Waals surface area contributed by atoms with E-state index in [0.29, 0.717) is 24.1 Å². The lowest BCUT2D eigenvalue weighted by Gasteiger charge is -2.29. The summed E-state index contributed by atoms with van der Waals surface area (Å²) in [6.07, 6.45) is 6.34. The molecule has 28 heavy (non-hydrogen) atoms. The van der Waals surface area contributed by atoms with Crippen molar-refractivity contribution in [2.24, 2.45) is 10.9 Å². The molecule has 6 nitrogen and oxygen atoms in total. The van der Waals surface area contributed by atoms with Gasteiger partial charge in [-0.1, -0.05) is 19.4 Å². The molecule has 0 saturated heterocycles. The molecule has 0 aliphatic heterocycles. The second-order valence-electron chi connectivity index (χ2n) is 7.02. The first-order valence-corrected chi connectivity index (χ1v) is 10.2. The lowest BCUT2D eigenvalue weighted by atomic mass is 9.84. The number of ether oxygens (including phenoxy) is 2. The lowest BCUT2D eigenvalue weighted by Crippen LogP contribution is -2.44. The molecule has 1 aromatic carbocycles. The van der Waals surface area contributed by atoms with E-state index in [-0.39, 0.29) is 37.2 Å². The zero-order valence-corrected chi connectivity index (χ0v) is 19.7. The normalized spacial score (nSPS) is 19.5. The summed E-state index contributed by atoms with van der Waals surface area (Å²) in [5.74, 6) is 3.06. The van der Waals surface area contributed by atoms with E-state index in [4.69, 9.17) is 19.6 Å². The fourth-order valence-corrected chi connectivity index (χ4v) is 3.48. The highest BCUT2D eigenvalue weighted by Crippen LogP contribution is 2.28. The molecule has 0 amide bonds. The van der Waals surface area contributed by atoms with Crippen LogP contribution in [0.3, 0.4) is 0 Å². The van der Waals surface area contributed by atoms with Gasteiger partial charge in [-0.05, 0) is 56.2 Å². The van der Waals surface area contributed by atoms with Crippen molar-refractivity contribution in [2.45, 2.75) is 58.5 Å². The van der Waals surface area contributed by atoms with Crippen molar-refractivity contribution in [2.75, 3.05) is 26.9 Å². The minimum atomic E-state index is -0.0207. The minimum Gasteiger partial charge on any atom is -0.493 e. The van der Waals surface area contributed by atoms with Crippen LogP contribution in [0.15, 0.2) is 23.2 Å². The maximum atomic E-state index is 8.91. The summed E-state index contributed by atoms with van der Waals surface area (Å²) in [6.45, 7) is 6.01. The maximum Gasteiger partial charge on any atom is 0.191 e. The molecular formula is C21H36IN3O3. The smallest absolute Gasteiger partial charge is 0.191 e. The second-order valence-corrected chi connectivity index (χ2v) is 7.02. The summed E-state index contributed by atoms with van der Waals surface area (Å²) in [7, 11) is 1.62. The van der Waals surface area contributed by atoms with E-state index < -0.39 is 0 Å². The Bertz CT molecular complexity index is 590. The molecule has 1 fully saturated rings. The Morgan fingerprint density at radius 3 is 2.54 bits per heavy atom. The van der Waals surface area contributed by atoms with E-state index in [1.165, 1.54) is 32.1 Å². The van der Waals surface area contributed by atoms with Gasteiger partial charge in [-0.2, -0.15) is 0 Å². The third-order valence-electron chi connectivity index (χ3n) is 5.11. The number of hydrogen-bond donors (Lipinski definition) is 3. The highest BCUT2D eigenvalue weighted by Gasteiger charge is 2.20. The van der Waals surface area contributed by atoms with E-state index in [1.54, 1.807) is 7.11 Å². The van der Waals surface area contributed by atoms with Crippen LogP contribution in [-0.2, 0) is 6.54 Å². The largest absolute Gasteiger partial charge is 0.493 e. The van der Waals surface area contributed by atoms with E-state index in [1.807, 2.05) is 18.2 Å². The van der Waals surface area contributed by atoms with Crippen molar-refractivity contribution in [3.63, 3.8) is 0 Å². The number of aliphatic hydroxyl groups is 1. The van der Waals surface area contributed by atoms with Crippen molar-refractivity contribution in [1.82, 2.24) is 10.6 Å². The van der Waals surface area contributed by atoms with Gasteiger partial charge in [0.1, 0.15) is 6.61 Å². The maximum absolute atomic E-state index is 8.91. The van der Waals surface area contributed by atoms with Gasteiger partial charge in [0.25, 0.3) is 0 Å². The highest BCUT2D eigenvalue weighted by atomic mass is 127. The van der Waals surface area contributed by atoms with Gasteiger partial charge < -0.3 is 25.2 Å². The number of guanidine groups is 1. The Balaban J connectivity index is 0.00000392. The molecule has 1 aromatic rings. The third-order valence-corrected chi connectivity index (χ3v) is 5.11. The molecule has 0 heterocycles. The van der Waals surface area contributed by atoms with Gasteiger partial charge in [-0.3, -0.25) is 0 Å². The minimum absolute atomic E-state index is 0. The highest BCUT2D eigenvalue weighted by molar-refractivity contribution is 14.0. The zero-order chi connectivity index (χ0) is 19.5. The van der Waals surface area contributed by atoms with Crippen LogP contribution in [0.25, 0.3) is 0 Å². The summed E-state index contributed by atoms with van der Waals surface area (Å²) in [5, 5.41) is 15.9. The van der Waals surface area contributed by atoms with Crippen molar-refractivity contribution in [1.29, 1.82) is 0 Å². The molecule has 3 N–H and O–H groups in total. The first kappa shape index (κ1) is 24.8. The zero-order valence-electron chi connectivity index (χ0n) is 17.4. The van der Waals surface area contributed by atoms with Gasteiger partial charge >= 0.3 is 0 Å². The van der Waals surface area contributed by atoms with Crippen LogP contribution in [-0.4, -0.2) is 44.0 Å². The second kappa shape index (κ2) is 13.9. The molecule has 0 unspecified atom stereocenters. The number of nitrogens with zero attached hydrogens (tertiary/aromatic N) is 1. The Morgan fingerprint density at radius 2 is 1.93 bits per heavy atom. The third kappa shape index (κ3) is 8.03. The molecule has 0 radical (unpaired) electrons. The van der Waals surface area contributed by atoms with Gasteiger partial charge in [0.2, 0.25) is 0 Å². The number of hydrogen-bond acceptors (Lipinski definition) is 4. The fraction of sp³-hybridized carbons (Fsp3) is 0.667. The van der Waals surface area contributed by atoms with Crippen LogP contribution in [0.2, 0.25) is 0 Å². The summed E-state index contributed by atoms with van der Waals surface area (Å²) < 4.78 is 10.9. The monoisotopic (exact) mass is 505 g/mol. The van der Waals surface area contributed by atoms with Gasteiger partial charge in [0, 0.05) is 12.6 Å². The van der Waals surface area contributed by atoms with Crippen LogP contribution < -0.4 is 20.1 Å². The Kier molecular flexibility index (Phi) is 12.3. The topological polar surface area (TPSA) is 75.1 Å². The number of nitrogens with one attached hydrogen (secondary N) is 2. The number of halogens is 1. The van der Waals surface area contributed by atoms with Crippen molar-refractivity contribution >= 4 is 29.9 Å². The molecule has 2 rings (SSSR count). The molecule has 7 heteroatoms. The van der Waals surface area contributed by atoms with Gasteiger partial charge in [-0.15, -0.1) is 24.0 Å². The molecule has 1 saturated carbocycles. The van der Waals surface area contributed by atoms with Gasteiger partial charge in [-0.25, -0.2) is 4.99 Å². The van der Waals surface area contributed by atoms with E-state index in [9.17, 15) is 0 Å². The van der Waals surface area contributed by atoms with E-state index >= 15 is 0 Å². The Morgan fingerprint density at radius 1 is 1.18 bits per heavy atom. The predicted octanol–water partition coefficient (Wildman–Crippen LogP) is 3.71. The SMILES string of the molecule is CCNC(=NCc1ccc(OCCO)c(OC)c1)NC1CCC(CC)CC1.I. The van der Waals surface area contributed by atoms with Crippen molar-refractivity contribution in [3.05, 3.63) is 23.8 Å². The molecule has 0 spiro atoms. The summed E-state index contributed by atoms with van der Waals surface area (Å²) in [5.41, 5.74) is 1.05. The molecule has 0 aromatic heterocycles. The number of aliphatic imine (C=N–C) groups is 1. The number of benzene rings is 1. The van der Waals surface area contributed by atoms with Crippen LogP contribution in [0.4, 0.5) is 0 Å². The Labute approximate surface area is 186 Å². The van der Waals surface area contributed by atoms with Crippen molar-refractivity contribution in [3.8, 4) is 11.5 Å². The molecule has 0 bridgehead atoms. The van der Waals surface area contributed by atoms with Gasteiger partial charge in [0.15, 0.2) is 17.5 Å². The first-order chi connectivity index (χ1) is 13.2. The molecule has 1 aliphatic carbocycles. The standard InChI is InChI=1S/C21H35N3O3.HI/c1-4-16-6-9-18(10-7-16)24-21(22-5-2)23-15-17-8-11-19(27-13-12-25)20(14-17)26-3;/h8,11,14,16,18,25H,4-7,9-10,12-13,15H2,1-3H3,(H2,22,23,24);1H. The predicted molar refractivity (Wildman–Crippen MR) is 125 cm³/mol. The lowest BCUT2D eigenvalue weighted by molar-refractivity contribution is 0.196. The number of aliphatic hydroxyl groups excluding tert-OH is 1. The summed E-state index contributed by atoms with van der Waals surface area (Å²) in [4.78, 5) is 4.74. The molecular weight excluding hydrogens is 469 g/mol. The Hall–Kier alpha value is -1.22. The molecule has 160 valence electrons. The van der Waals surface area contributed by atoms with Gasteiger partial charge in [0.05, 0.1) is 20.3 Å². The molecule has 0 atom stereocenters. The van der Waals surface area contributed by atoms with E-state index in [2.05, 4.69) is 24.5 Å². The summed E-state index contributed by atoms with van der Waals surface area (Å²) in [6, 6.07) is 6.29. The first-order valence-electron chi connectivity index (χ1n) is 10.2. The quantitative estimate of drug-likeness (QED) is 0.271. The van der Waals surface area contributed by atoms with Crippen LogP contribution >= 0.6 is 24.0 Å². The average Bonchev–Trinajstić information content (AvgIpc) is 2.71. The number of rotatable bonds is 9. The van der Waals surface area contributed by atoms with E-state index in [0.717, 1.165) is 24.0 Å². The summed E-state index contributed by atoms with van der Waals surface area (Å²) >= 11 is 0.